The molecule has 0 saturated heterocycles. The fourth-order valence-electron chi connectivity index (χ4n) is 3.15. The summed E-state index contributed by atoms with van der Waals surface area (Å²) in [4.78, 5) is 19.8. The van der Waals surface area contributed by atoms with Gasteiger partial charge in [0.15, 0.2) is 17.0 Å². The molecule has 144 valence electrons. The Hall–Kier alpha value is -3.50. The van der Waals surface area contributed by atoms with Crippen LogP contribution in [-0.2, 0) is 13.2 Å². The first-order valence-electron chi connectivity index (χ1n) is 8.08. The zero-order valence-electron chi connectivity index (χ0n) is 14.9. The first-order chi connectivity index (χ1) is 13.1. The Morgan fingerprint density at radius 3 is 2.43 bits per heavy atom. The molecule has 0 aromatic carbocycles. The SMILES string of the molecule is Cc1nn(C)cc1-c1cc(C(=O)O)n2nc3nc(C(F)(F)F)cc(C)c3c2n1. The van der Waals surface area contributed by atoms with Gasteiger partial charge in [-0.2, -0.15) is 18.3 Å². The Kier molecular flexibility index (Phi) is 3.67. The molecule has 8 nitrogen and oxygen atoms in total. The molecule has 4 aromatic heterocycles. The smallest absolute Gasteiger partial charge is 0.433 e. The van der Waals surface area contributed by atoms with Gasteiger partial charge >= 0.3 is 12.1 Å². The summed E-state index contributed by atoms with van der Waals surface area (Å²) in [6.45, 7) is 3.23. The third-order valence-electron chi connectivity index (χ3n) is 4.34. The molecule has 0 aliphatic rings. The van der Waals surface area contributed by atoms with E-state index in [0.29, 0.717) is 17.0 Å². The Morgan fingerprint density at radius 2 is 1.86 bits per heavy atom. The van der Waals surface area contributed by atoms with Gasteiger partial charge in [-0.15, -0.1) is 5.10 Å². The molecular formula is C17H13F3N6O2. The number of hydrogen-bond acceptors (Lipinski definition) is 5. The molecule has 1 N–H and O–H groups in total. The molecule has 11 heteroatoms. The zero-order valence-corrected chi connectivity index (χ0v) is 14.9. The fraction of sp³-hybridized carbons (Fsp3) is 0.235. The lowest BCUT2D eigenvalue weighted by molar-refractivity contribution is -0.141. The van der Waals surface area contributed by atoms with Crippen LogP contribution < -0.4 is 0 Å². The molecule has 28 heavy (non-hydrogen) atoms. The number of carboxylic acids is 1. The third-order valence-corrected chi connectivity index (χ3v) is 4.34. The molecule has 4 heterocycles. The van der Waals surface area contributed by atoms with Crippen molar-refractivity contribution in [1.82, 2.24) is 29.4 Å². The van der Waals surface area contributed by atoms with Crippen LogP contribution in [0.1, 0.15) is 27.4 Å². The van der Waals surface area contributed by atoms with Gasteiger partial charge in [0.25, 0.3) is 0 Å². The van der Waals surface area contributed by atoms with E-state index in [1.165, 1.54) is 13.0 Å². The van der Waals surface area contributed by atoms with E-state index in [1.807, 2.05) is 0 Å². The highest BCUT2D eigenvalue weighted by Gasteiger charge is 2.34. The highest BCUT2D eigenvalue weighted by molar-refractivity contribution is 5.96. The zero-order chi connectivity index (χ0) is 20.4. The second kappa shape index (κ2) is 5.75. The van der Waals surface area contributed by atoms with Gasteiger partial charge in [-0.1, -0.05) is 0 Å². The first-order valence-corrected chi connectivity index (χ1v) is 8.08. The van der Waals surface area contributed by atoms with Crippen LogP contribution in [0.2, 0.25) is 0 Å². The van der Waals surface area contributed by atoms with Crippen LogP contribution in [0.4, 0.5) is 13.2 Å². The predicted octanol–water partition coefficient (Wildman–Crippen LogP) is 3.01. The summed E-state index contributed by atoms with van der Waals surface area (Å²) in [6.07, 6.45) is -2.96. The minimum absolute atomic E-state index is 0.117. The third kappa shape index (κ3) is 2.66. The second-order valence-electron chi connectivity index (χ2n) is 6.39. The van der Waals surface area contributed by atoms with Crippen molar-refractivity contribution >= 4 is 22.6 Å². The summed E-state index contributed by atoms with van der Waals surface area (Å²) in [5.74, 6) is -1.29. The number of alkyl halides is 3. The summed E-state index contributed by atoms with van der Waals surface area (Å²) in [6, 6.07) is 2.21. The van der Waals surface area contributed by atoms with Crippen LogP contribution in [0, 0.1) is 13.8 Å². The molecule has 0 bridgehead atoms. The summed E-state index contributed by atoms with van der Waals surface area (Å²) in [5, 5.41) is 18.1. The number of fused-ring (bicyclic) bond motifs is 3. The van der Waals surface area contributed by atoms with Crippen LogP contribution in [-0.4, -0.2) is 40.4 Å². The van der Waals surface area contributed by atoms with Gasteiger partial charge in [-0.25, -0.2) is 19.3 Å². The maximum atomic E-state index is 13.1. The van der Waals surface area contributed by atoms with Gasteiger partial charge in [-0.3, -0.25) is 4.68 Å². The molecule has 0 fully saturated rings. The topological polar surface area (TPSA) is 98.2 Å². The highest BCUT2D eigenvalue weighted by Crippen LogP contribution is 2.32. The van der Waals surface area contributed by atoms with Gasteiger partial charge in [0.1, 0.15) is 5.69 Å². The summed E-state index contributed by atoms with van der Waals surface area (Å²) in [7, 11) is 1.72. The van der Waals surface area contributed by atoms with Crippen molar-refractivity contribution in [2.24, 2.45) is 7.05 Å². The Balaban J connectivity index is 2.11. The normalized spacial score (nSPS) is 12.2. The quantitative estimate of drug-likeness (QED) is 0.565. The summed E-state index contributed by atoms with van der Waals surface area (Å²) < 4.78 is 41.8. The summed E-state index contributed by atoms with van der Waals surface area (Å²) in [5.41, 5.74) is 0.380. The van der Waals surface area contributed by atoms with Crippen LogP contribution >= 0.6 is 0 Å². The van der Waals surface area contributed by atoms with Gasteiger partial charge in [0, 0.05) is 18.8 Å². The molecule has 0 radical (unpaired) electrons. The van der Waals surface area contributed by atoms with E-state index in [4.69, 9.17) is 0 Å². The van der Waals surface area contributed by atoms with E-state index >= 15 is 0 Å². The van der Waals surface area contributed by atoms with E-state index in [0.717, 1.165) is 10.6 Å². The average Bonchev–Trinajstić information content (AvgIpc) is 3.12. The molecular weight excluding hydrogens is 377 g/mol. The van der Waals surface area contributed by atoms with Crippen LogP contribution in [0.15, 0.2) is 18.3 Å². The monoisotopic (exact) mass is 390 g/mol. The fourth-order valence-corrected chi connectivity index (χ4v) is 3.15. The minimum atomic E-state index is -4.64. The van der Waals surface area contributed by atoms with Crippen molar-refractivity contribution in [3.05, 3.63) is 41.0 Å². The number of nitrogens with zero attached hydrogens (tertiary/aromatic N) is 6. The number of hydrogen-bond donors (Lipinski definition) is 1. The maximum absolute atomic E-state index is 13.1. The van der Waals surface area contributed by atoms with Gasteiger partial charge < -0.3 is 5.11 Å². The number of carbonyl (C=O) groups is 1. The van der Waals surface area contributed by atoms with Crippen LogP contribution in [0.25, 0.3) is 27.9 Å². The van der Waals surface area contributed by atoms with Crippen molar-refractivity contribution in [2.75, 3.05) is 0 Å². The number of rotatable bonds is 2. The highest BCUT2D eigenvalue weighted by atomic mass is 19.4. The Labute approximate surface area is 155 Å². The number of halogens is 3. The summed E-state index contributed by atoms with van der Waals surface area (Å²) >= 11 is 0. The molecule has 0 aliphatic heterocycles. The predicted molar refractivity (Wildman–Crippen MR) is 91.9 cm³/mol. The molecule has 0 atom stereocenters. The molecule has 0 saturated carbocycles. The average molecular weight is 390 g/mol. The van der Waals surface area contributed by atoms with Gasteiger partial charge in [0.2, 0.25) is 0 Å². The number of aryl methyl sites for hydroxylation is 3. The van der Waals surface area contributed by atoms with Gasteiger partial charge in [-0.05, 0) is 31.5 Å². The van der Waals surface area contributed by atoms with Crippen molar-refractivity contribution in [2.45, 2.75) is 20.0 Å². The molecule has 0 unspecified atom stereocenters. The van der Waals surface area contributed by atoms with Crippen molar-refractivity contribution < 1.29 is 23.1 Å². The lowest BCUT2D eigenvalue weighted by Crippen LogP contribution is -2.08. The number of aromatic nitrogens is 6. The molecule has 4 rings (SSSR count). The number of carboxylic acid groups (broad SMARTS) is 1. The largest absolute Gasteiger partial charge is 0.477 e. The second-order valence-corrected chi connectivity index (χ2v) is 6.39. The van der Waals surface area contributed by atoms with Crippen molar-refractivity contribution in [3.63, 3.8) is 0 Å². The van der Waals surface area contributed by atoms with E-state index in [1.54, 1.807) is 24.9 Å². The molecule has 4 aromatic rings. The maximum Gasteiger partial charge on any atom is 0.433 e. The van der Waals surface area contributed by atoms with Crippen LogP contribution in [0.3, 0.4) is 0 Å². The van der Waals surface area contributed by atoms with E-state index in [2.05, 4.69) is 20.2 Å². The lowest BCUT2D eigenvalue weighted by atomic mass is 10.1. The minimum Gasteiger partial charge on any atom is -0.477 e. The number of pyridine rings is 1. The lowest BCUT2D eigenvalue weighted by Gasteiger charge is -2.06. The first kappa shape index (κ1) is 17.9. The Bertz CT molecular complexity index is 1270. The molecule has 0 spiro atoms. The van der Waals surface area contributed by atoms with E-state index in [-0.39, 0.29) is 27.9 Å². The van der Waals surface area contributed by atoms with Crippen molar-refractivity contribution in [3.8, 4) is 11.3 Å². The molecule has 0 amide bonds. The number of aromatic carboxylic acids is 1. The molecule has 0 aliphatic carbocycles. The van der Waals surface area contributed by atoms with E-state index in [9.17, 15) is 23.1 Å². The van der Waals surface area contributed by atoms with Crippen LogP contribution in [0.5, 0.6) is 0 Å². The van der Waals surface area contributed by atoms with Gasteiger partial charge in [0.05, 0.1) is 16.8 Å². The van der Waals surface area contributed by atoms with Crippen molar-refractivity contribution in [1.29, 1.82) is 0 Å². The van der Waals surface area contributed by atoms with E-state index < -0.39 is 17.8 Å². The Morgan fingerprint density at radius 1 is 1.14 bits per heavy atom. The standard InChI is InChI=1S/C17H13F3N6O2/c1-7-4-12(17(18,19)20)22-14-13(7)15-21-10(9-6-25(3)23-8(9)2)5-11(16(27)28)26(15)24-14/h4-6H,1-3H3,(H,27,28).